The van der Waals surface area contributed by atoms with Crippen molar-refractivity contribution in [2.24, 2.45) is 7.05 Å². The van der Waals surface area contributed by atoms with Gasteiger partial charge in [-0.1, -0.05) is 13.0 Å². The smallest absolute Gasteiger partial charge is 0.153 e. The van der Waals surface area contributed by atoms with Gasteiger partial charge in [-0.3, -0.25) is 4.68 Å². The minimum Gasteiger partial charge on any atom is -0.382 e. The Morgan fingerprint density at radius 2 is 2.14 bits per heavy atom. The van der Waals surface area contributed by atoms with Crippen LogP contribution in [-0.4, -0.2) is 9.78 Å². The number of nitrogen functional groups attached to an aromatic ring is 1. The summed E-state index contributed by atoms with van der Waals surface area (Å²) in [6, 6.07) is 4.16. The molecule has 0 saturated heterocycles. The summed E-state index contributed by atoms with van der Waals surface area (Å²) in [5.74, 6) is 0.622. The largest absolute Gasteiger partial charge is 0.382 e. The Morgan fingerprint density at radius 1 is 1.43 bits per heavy atom. The first-order valence-electron chi connectivity index (χ1n) is 4.85. The second-order valence-corrected chi connectivity index (χ2v) is 3.62. The molecular formula is C11H15N3. The van der Waals surface area contributed by atoms with Gasteiger partial charge >= 0.3 is 0 Å². The van der Waals surface area contributed by atoms with E-state index in [1.165, 1.54) is 16.6 Å². The highest BCUT2D eigenvalue weighted by Gasteiger charge is 2.10. The van der Waals surface area contributed by atoms with E-state index >= 15 is 0 Å². The minimum atomic E-state index is 0.622. The van der Waals surface area contributed by atoms with Gasteiger partial charge in [0.2, 0.25) is 0 Å². The van der Waals surface area contributed by atoms with Gasteiger partial charge in [0.1, 0.15) is 0 Å². The van der Waals surface area contributed by atoms with Crippen molar-refractivity contribution in [1.82, 2.24) is 9.78 Å². The summed E-state index contributed by atoms with van der Waals surface area (Å²) in [7, 11) is 1.94. The summed E-state index contributed by atoms with van der Waals surface area (Å²) in [5, 5.41) is 5.30. The number of nitrogens with two attached hydrogens (primary N) is 1. The topological polar surface area (TPSA) is 43.8 Å². The maximum absolute atomic E-state index is 5.82. The van der Waals surface area contributed by atoms with Crippen LogP contribution in [0.4, 0.5) is 5.82 Å². The number of aryl methyl sites for hydroxylation is 3. The monoisotopic (exact) mass is 189 g/mol. The zero-order chi connectivity index (χ0) is 10.3. The van der Waals surface area contributed by atoms with Gasteiger partial charge < -0.3 is 5.73 Å². The van der Waals surface area contributed by atoms with E-state index in [1.54, 1.807) is 0 Å². The van der Waals surface area contributed by atoms with E-state index in [9.17, 15) is 0 Å². The van der Waals surface area contributed by atoms with E-state index < -0.39 is 0 Å². The Bertz CT molecular complexity index is 483. The fourth-order valence-electron chi connectivity index (χ4n) is 2.03. The fraction of sp³-hybridized carbons (Fsp3) is 0.364. The molecule has 2 aromatic rings. The fourth-order valence-corrected chi connectivity index (χ4v) is 2.03. The number of anilines is 1. The van der Waals surface area contributed by atoms with Gasteiger partial charge in [-0.05, 0) is 30.5 Å². The van der Waals surface area contributed by atoms with Gasteiger partial charge in [-0.25, -0.2) is 0 Å². The Kier molecular flexibility index (Phi) is 1.95. The number of rotatable bonds is 1. The molecule has 0 aliphatic heterocycles. The third-order valence-corrected chi connectivity index (χ3v) is 2.73. The summed E-state index contributed by atoms with van der Waals surface area (Å²) in [4.78, 5) is 0. The van der Waals surface area contributed by atoms with Crippen LogP contribution in [0, 0.1) is 6.92 Å². The lowest BCUT2D eigenvalue weighted by atomic mass is 10.0. The van der Waals surface area contributed by atoms with Crippen molar-refractivity contribution in [3.8, 4) is 0 Å². The molecule has 74 valence electrons. The molecule has 2 rings (SSSR count). The average Bonchev–Trinajstić information content (AvgIpc) is 2.43. The van der Waals surface area contributed by atoms with Crippen molar-refractivity contribution in [2.75, 3.05) is 5.73 Å². The molecule has 2 N–H and O–H groups in total. The molecule has 0 aliphatic rings. The van der Waals surface area contributed by atoms with Crippen LogP contribution in [0.1, 0.15) is 18.1 Å². The van der Waals surface area contributed by atoms with E-state index in [0.29, 0.717) is 5.82 Å². The normalized spacial score (nSPS) is 11.1. The quantitative estimate of drug-likeness (QED) is 0.746. The van der Waals surface area contributed by atoms with Crippen LogP contribution < -0.4 is 5.73 Å². The lowest BCUT2D eigenvalue weighted by molar-refractivity contribution is 0.796. The van der Waals surface area contributed by atoms with Gasteiger partial charge in [0.15, 0.2) is 5.82 Å². The Morgan fingerprint density at radius 3 is 2.79 bits per heavy atom. The predicted molar refractivity (Wildman–Crippen MR) is 59.2 cm³/mol. The second kappa shape index (κ2) is 3.01. The highest BCUT2D eigenvalue weighted by Crippen LogP contribution is 2.26. The van der Waals surface area contributed by atoms with Gasteiger partial charge in [-0.15, -0.1) is 0 Å². The molecule has 14 heavy (non-hydrogen) atoms. The van der Waals surface area contributed by atoms with Crippen molar-refractivity contribution in [2.45, 2.75) is 20.3 Å². The molecule has 0 radical (unpaired) electrons. The SMILES string of the molecule is CCc1c(C)ccc2c(N)nn(C)c12. The predicted octanol–water partition coefficient (Wildman–Crippen LogP) is 2.03. The average molecular weight is 189 g/mol. The summed E-state index contributed by atoms with van der Waals surface area (Å²) in [6.45, 7) is 4.28. The third-order valence-electron chi connectivity index (χ3n) is 2.73. The molecule has 0 aliphatic carbocycles. The standard InChI is InChI=1S/C11H15N3/c1-4-8-7(2)5-6-9-10(8)14(3)13-11(9)12/h5-6H,4H2,1-3H3,(H2,12,13). The van der Waals surface area contributed by atoms with E-state index in [2.05, 4.69) is 25.0 Å². The number of nitrogens with zero attached hydrogens (tertiary/aromatic N) is 2. The molecule has 0 bridgehead atoms. The Labute approximate surface area is 83.5 Å². The van der Waals surface area contributed by atoms with Crippen LogP contribution in [0.25, 0.3) is 10.9 Å². The number of hydrogen-bond donors (Lipinski definition) is 1. The third kappa shape index (κ3) is 1.09. The molecule has 0 amide bonds. The van der Waals surface area contributed by atoms with Crippen molar-refractivity contribution in [3.63, 3.8) is 0 Å². The lowest BCUT2D eigenvalue weighted by Crippen LogP contribution is -1.95. The lowest BCUT2D eigenvalue weighted by Gasteiger charge is -2.05. The van der Waals surface area contributed by atoms with Crippen LogP contribution in [-0.2, 0) is 13.5 Å². The van der Waals surface area contributed by atoms with Crippen LogP contribution >= 0.6 is 0 Å². The van der Waals surface area contributed by atoms with Crippen molar-refractivity contribution in [3.05, 3.63) is 23.3 Å². The van der Waals surface area contributed by atoms with E-state index in [4.69, 9.17) is 5.73 Å². The summed E-state index contributed by atoms with van der Waals surface area (Å²) in [5.41, 5.74) is 9.64. The molecule has 3 heteroatoms. The van der Waals surface area contributed by atoms with Crippen LogP contribution in [0.15, 0.2) is 12.1 Å². The molecule has 0 saturated carbocycles. The Balaban J connectivity index is 2.92. The van der Waals surface area contributed by atoms with Gasteiger partial charge in [0, 0.05) is 12.4 Å². The van der Waals surface area contributed by atoms with Crippen LogP contribution in [0.2, 0.25) is 0 Å². The number of benzene rings is 1. The van der Waals surface area contributed by atoms with Crippen molar-refractivity contribution in [1.29, 1.82) is 0 Å². The molecule has 0 atom stereocenters. The van der Waals surface area contributed by atoms with E-state index in [1.807, 2.05) is 17.8 Å². The number of hydrogen-bond acceptors (Lipinski definition) is 2. The molecule has 1 heterocycles. The van der Waals surface area contributed by atoms with E-state index in [0.717, 1.165) is 11.8 Å². The number of aromatic nitrogens is 2. The maximum Gasteiger partial charge on any atom is 0.153 e. The minimum absolute atomic E-state index is 0.622. The van der Waals surface area contributed by atoms with Gasteiger partial charge in [0.25, 0.3) is 0 Å². The molecule has 0 spiro atoms. The van der Waals surface area contributed by atoms with Gasteiger partial charge in [-0.2, -0.15) is 5.10 Å². The highest BCUT2D eigenvalue weighted by atomic mass is 15.3. The Hall–Kier alpha value is -1.51. The zero-order valence-electron chi connectivity index (χ0n) is 8.83. The van der Waals surface area contributed by atoms with E-state index in [-0.39, 0.29) is 0 Å². The van der Waals surface area contributed by atoms with Crippen molar-refractivity contribution < 1.29 is 0 Å². The summed E-state index contributed by atoms with van der Waals surface area (Å²) >= 11 is 0. The number of fused-ring (bicyclic) bond motifs is 1. The molecule has 1 aromatic heterocycles. The first kappa shape index (κ1) is 9.06. The van der Waals surface area contributed by atoms with Crippen LogP contribution in [0.5, 0.6) is 0 Å². The molecule has 3 nitrogen and oxygen atoms in total. The molecular weight excluding hydrogens is 174 g/mol. The zero-order valence-corrected chi connectivity index (χ0v) is 8.83. The van der Waals surface area contributed by atoms with Crippen molar-refractivity contribution >= 4 is 16.7 Å². The van der Waals surface area contributed by atoms with Crippen LogP contribution in [0.3, 0.4) is 0 Å². The molecule has 0 unspecified atom stereocenters. The highest BCUT2D eigenvalue weighted by molar-refractivity contribution is 5.92. The maximum atomic E-state index is 5.82. The first-order chi connectivity index (χ1) is 6.65. The first-order valence-corrected chi connectivity index (χ1v) is 4.85. The molecule has 1 aromatic carbocycles. The second-order valence-electron chi connectivity index (χ2n) is 3.62. The molecule has 0 fully saturated rings. The summed E-state index contributed by atoms with van der Waals surface area (Å²) < 4.78 is 1.87. The van der Waals surface area contributed by atoms with Gasteiger partial charge in [0.05, 0.1) is 5.52 Å². The summed E-state index contributed by atoms with van der Waals surface area (Å²) in [6.07, 6.45) is 1.02.